The minimum atomic E-state index is 0.404. The molecule has 4 fully saturated rings. The van der Waals surface area contributed by atoms with Crippen LogP contribution in [0, 0.1) is 29.6 Å². The van der Waals surface area contributed by atoms with Gasteiger partial charge in [0.15, 0.2) is 0 Å². The maximum Gasteiger partial charge on any atom is 0.226 e. The number of fused-ring (bicyclic) bond motifs is 5. The smallest absolute Gasteiger partial charge is 0.226 e. The highest BCUT2D eigenvalue weighted by atomic mass is 16.2. The molecule has 24 heavy (non-hydrogen) atoms. The lowest BCUT2D eigenvalue weighted by molar-refractivity contribution is -0.133. The van der Waals surface area contributed by atoms with Gasteiger partial charge in [-0.25, -0.2) is 0 Å². The molecule has 128 valence electrons. The minimum absolute atomic E-state index is 0.404. The van der Waals surface area contributed by atoms with Gasteiger partial charge in [0.1, 0.15) is 0 Å². The molecule has 2 heterocycles. The predicted octanol–water partition coefficient (Wildman–Crippen LogP) is 2.41. The van der Waals surface area contributed by atoms with E-state index in [1.807, 2.05) is 18.5 Å². The van der Waals surface area contributed by atoms with Gasteiger partial charge in [-0.2, -0.15) is 0 Å². The van der Waals surface area contributed by atoms with Gasteiger partial charge < -0.3 is 4.90 Å². The Morgan fingerprint density at radius 3 is 2.71 bits per heavy atom. The average Bonchev–Trinajstić information content (AvgIpc) is 3.16. The lowest BCUT2D eigenvalue weighted by Gasteiger charge is -2.23. The number of rotatable bonds is 3. The zero-order valence-corrected chi connectivity index (χ0v) is 14.3. The predicted molar refractivity (Wildman–Crippen MR) is 92.0 cm³/mol. The molecular weight excluding hydrogens is 298 g/mol. The molecule has 1 aromatic heterocycles. The van der Waals surface area contributed by atoms with E-state index in [0.717, 1.165) is 62.8 Å². The van der Waals surface area contributed by atoms with Crippen molar-refractivity contribution in [3.8, 4) is 0 Å². The molecule has 3 saturated carbocycles. The van der Waals surface area contributed by atoms with Gasteiger partial charge in [-0.15, -0.1) is 0 Å². The molecule has 1 aromatic rings. The number of amides is 1. The fourth-order valence-corrected chi connectivity index (χ4v) is 5.97. The lowest BCUT2D eigenvalue weighted by atomic mass is 10.0. The second kappa shape index (κ2) is 5.83. The zero-order valence-electron chi connectivity index (χ0n) is 14.3. The van der Waals surface area contributed by atoms with Crippen LogP contribution in [0.4, 0.5) is 0 Å². The number of hydrogen-bond donors (Lipinski definition) is 0. The van der Waals surface area contributed by atoms with Crippen molar-refractivity contribution in [2.75, 3.05) is 26.2 Å². The molecule has 5 atom stereocenters. The first-order chi connectivity index (χ1) is 11.8. The Hall–Kier alpha value is -1.42. The third-order valence-electron chi connectivity index (χ3n) is 7.05. The largest absolute Gasteiger partial charge is 0.341 e. The molecule has 0 radical (unpaired) electrons. The maximum atomic E-state index is 13.0. The van der Waals surface area contributed by atoms with Gasteiger partial charge in [0.05, 0.1) is 0 Å². The highest BCUT2D eigenvalue weighted by Crippen LogP contribution is 2.69. The molecule has 1 unspecified atom stereocenters. The SMILES string of the molecule is O=C(C1[C@@H]2[C@H]3CC[C@H](C3)[C@H]12)N1CCCN(Cc2cccnc2)CC1. The van der Waals surface area contributed by atoms with E-state index >= 15 is 0 Å². The van der Waals surface area contributed by atoms with Gasteiger partial charge >= 0.3 is 0 Å². The Morgan fingerprint density at radius 1 is 1.12 bits per heavy atom. The Morgan fingerprint density at radius 2 is 1.96 bits per heavy atom. The summed E-state index contributed by atoms with van der Waals surface area (Å²) in [7, 11) is 0. The number of carbonyl (C=O) groups excluding carboxylic acids is 1. The summed E-state index contributed by atoms with van der Waals surface area (Å²) in [6.07, 6.45) is 9.10. The van der Waals surface area contributed by atoms with Crippen molar-refractivity contribution in [1.82, 2.24) is 14.8 Å². The summed E-state index contributed by atoms with van der Waals surface area (Å²) < 4.78 is 0. The van der Waals surface area contributed by atoms with Crippen molar-refractivity contribution in [1.29, 1.82) is 0 Å². The van der Waals surface area contributed by atoms with Crippen molar-refractivity contribution in [3.63, 3.8) is 0 Å². The summed E-state index contributed by atoms with van der Waals surface area (Å²) in [6.45, 7) is 4.89. The summed E-state index contributed by atoms with van der Waals surface area (Å²) in [4.78, 5) is 21.9. The molecule has 4 nitrogen and oxygen atoms in total. The third kappa shape index (κ3) is 2.46. The van der Waals surface area contributed by atoms with Crippen LogP contribution >= 0.6 is 0 Å². The van der Waals surface area contributed by atoms with E-state index in [-0.39, 0.29) is 0 Å². The van der Waals surface area contributed by atoms with Crippen LogP contribution in [0.25, 0.3) is 0 Å². The van der Waals surface area contributed by atoms with E-state index < -0.39 is 0 Å². The number of aromatic nitrogens is 1. The van der Waals surface area contributed by atoms with Crippen molar-refractivity contribution >= 4 is 5.91 Å². The van der Waals surface area contributed by atoms with Crippen LogP contribution in [0.3, 0.4) is 0 Å². The summed E-state index contributed by atoms with van der Waals surface area (Å²) >= 11 is 0. The molecule has 1 saturated heterocycles. The highest BCUT2D eigenvalue weighted by molar-refractivity contribution is 5.83. The first-order valence-electron chi connectivity index (χ1n) is 9.71. The quantitative estimate of drug-likeness (QED) is 0.856. The summed E-state index contributed by atoms with van der Waals surface area (Å²) in [6, 6.07) is 4.14. The van der Waals surface area contributed by atoms with Gasteiger partial charge in [0, 0.05) is 51.0 Å². The standard InChI is InChI=1S/C20H27N3O/c24-20(19-17-15-4-5-16(11-15)18(17)19)23-8-2-7-22(9-10-23)13-14-3-1-6-21-12-14/h1,3,6,12,15-19H,2,4-5,7-11,13H2/t15-,16+,17+,18-,19?. The summed E-state index contributed by atoms with van der Waals surface area (Å²) in [5.74, 6) is 4.22. The molecule has 0 aromatic carbocycles. The van der Waals surface area contributed by atoms with Crippen molar-refractivity contribution < 1.29 is 4.79 Å². The number of nitrogens with zero attached hydrogens (tertiary/aromatic N) is 3. The Labute approximate surface area is 144 Å². The third-order valence-corrected chi connectivity index (χ3v) is 7.05. The lowest BCUT2D eigenvalue weighted by Crippen LogP contribution is -2.37. The molecule has 0 N–H and O–H groups in total. The monoisotopic (exact) mass is 325 g/mol. The fraction of sp³-hybridized carbons (Fsp3) is 0.700. The summed E-state index contributed by atoms with van der Waals surface area (Å²) in [5, 5.41) is 0. The van der Waals surface area contributed by atoms with Gasteiger partial charge in [-0.1, -0.05) is 6.07 Å². The molecule has 2 bridgehead atoms. The zero-order chi connectivity index (χ0) is 16.1. The fourth-order valence-electron chi connectivity index (χ4n) is 5.97. The second-order valence-electron chi connectivity index (χ2n) is 8.33. The van der Waals surface area contributed by atoms with Crippen LogP contribution < -0.4 is 0 Å². The van der Waals surface area contributed by atoms with E-state index in [0.29, 0.717) is 11.8 Å². The normalized spacial score (nSPS) is 38.0. The van der Waals surface area contributed by atoms with Crippen molar-refractivity contribution in [2.24, 2.45) is 29.6 Å². The first-order valence-corrected chi connectivity index (χ1v) is 9.71. The Balaban J connectivity index is 1.18. The molecule has 4 heteroatoms. The minimum Gasteiger partial charge on any atom is -0.341 e. The molecule has 5 rings (SSSR count). The van der Waals surface area contributed by atoms with Crippen LogP contribution in [-0.4, -0.2) is 46.9 Å². The van der Waals surface area contributed by atoms with Crippen molar-refractivity contribution in [3.05, 3.63) is 30.1 Å². The Bertz CT molecular complexity index is 603. The summed E-state index contributed by atoms with van der Waals surface area (Å²) in [5.41, 5.74) is 1.27. The van der Waals surface area contributed by atoms with Gasteiger partial charge in [-0.3, -0.25) is 14.7 Å². The Kier molecular flexibility index (Phi) is 3.62. The number of pyridine rings is 1. The van der Waals surface area contributed by atoms with Gasteiger partial charge in [-0.05, 0) is 61.0 Å². The van der Waals surface area contributed by atoms with E-state index in [9.17, 15) is 4.79 Å². The first kappa shape index (κ1) is 14.9. The molecule has 4 aliphatic rings. The number of carbonyl (C=O) groups is 1. The second-order valence-corrected chi connectivity index (χ2v) is 8.33. The molecule has 1 aliphatic heterocycles. The molecule has 3 aliphatic carbocycles. The van der Waals surface area contributed by atoms with Crippen LogP contribution in [0.5, 0.6) is 0 Å². The van der Waals surface area contributed by atoms with E-state index in [2.05, 4.69) is 20.9 Å². The average molecular weight is 325 g/mol. The topological polar surface area (TPSA) is 36.4 Å². The van der Waals surface area contributed by atoms with Crippen LogP contribution in [0.1, 0.15) is 31.2 Å². The molecule has 1 amide bonds. The number of hydrogen-bond acceptors (Lipinski definition) is 3. The van der Waals surface area contributed by atoms with Crippen LogP contribution in [0.15, 0.2) is 24.5 Å². The van der Waals surface area contributed by atoms with E-state index in [1.54, 1.807) is 0 Å². The van der Waals surface area contributed by atoms with Gasteiger partial charge in [0.2, 0.25) is 5.91 Å². The van der Waals surface area contributed by atoms with Crippen molar-refractivity contribution in [2.45, 2.75) is 32.2 Å². The van der Waals surface area contributed by atoms with E-state index in [4.69, 9.17) is 0 Å². The van der Waals surface area contributed by atoms with Crippen LogP contribution in [0.2, 0.25) is 0 Å². The highest BCUT2D eigenvalue weighted by Gasteiger charge is 2.67. The van der Waals surface area contributed by atoms with Gasteiger partial charge in [0.25, 0.3) is 0 Å². The molecular formula is C20H27N3O. The van der Waals surface area contributed by atoms with Crippen LogP contribution in [-0.2, 0) is 11.3 Å². The van der Waals surface area contributed by atoms with E-state index in [1.165, 1.54) is 24.8 Å². The maximum absolute atomic E-state index is 13.0. The molecule has 0 spiro atoms.